The lowest BCUT2D eigenvalue weighted by Gasteiger charge is -2.18. The molecule has 2 heterocycles. The smallest absolute Gasteiger partial charge is 0.255 e. The number of hydrogen-bond acceptors (Lipinski definition) is 2. The molecule has 2 atom stereocenters. The summed E-state index contributed by atoms with van der Waals surface area (Å²) in [6, 6.07) is 5.35. The molecular formula is C13H14BrClN2O. The number of carbonyl (C=O) groups is 1. The van der Waals surface area contributed by atoms with Crippen molar-refractivity contribution >= 4 is 33.4 Å². The molecular weight excluding hydrogens is 316 g/mol. The highest BCUT2D eigenvalue weighted by Crippen LogP contribution is 2.29. The first-order valence-corrected chi connectivity index (χ1v) is 7.27. The minimum absolute atomic E-state index is 0.0822. The van der Waals surface area contributed by atoms with Gasteiger partial charge in [0.25, 0.3) is 5.91 Å². The van der Waals surface area contributed by atoms with Crippen LogP contribution in [-0.4, -0.2) is 37.0 Å². The van der Waals surface area contributed by atoms with Crippen LogP contribution in [0.1, 0.15) is 10.4 Å². The molecule has 0 saturated carbocycles. The van der Waals surface area contributed by atoms with Crippen LogP contribution in [0.2, 0.25) is 5.02 Å². The second-order valence-corrected chi connectivity index (χ2v) is 6.30. The van der Waals surface area contributed by atoms with E-state index in [0.29, 0.717) is 22.4 Å². The molecule has 18 heavy (non-hydrogen) atoms. The van der Waals surface area contributed by atoms with Crippen LogP contribution in [-0.2, 0) is 0 Å². The van der Waals surface area contributed by atoms with Gasteiger partial charge < -0.3 is 10.2 Å². The molecule has 1 amide bonds. The van der Waals surface area contributed by atoms with E-state index in [1.165, 1.54) is 0 Å². The molecule has 1 N–H and O–H groups in total. The number of hydrogen-bond donors (Lipinski definition) is 1. The Bertz CT molecular complexity index is 482. The van der Waals surface area contributed by atoms with Crippen LogP contribution in [0.3, 0.4) is 0 Å². The van der Waals surface area contributed by atoms with E-state index in [2.05, 4.69) is 21.2 Å². The largest absolute Gasteiger partial charge is 0.338 e. The number of likely N-dealkylation sites (tertiary alicyclic amines) is 1. The van der Waals surface area contributed by atoms with Gasteiger partial charge in [0.15, 0.2) is 0 Å². The SMILES string of the molecule is O=C(c1cc(Cl)ccc1Br)N1C[C@H]2CNC[C@H]2C1. The van der Waals surface area contributed by atoms with Crippen molar-refractivity contribution in [3.8, 4) is 0 Å². The molecule has 0 radical (unpaired) electrons. The van der Waals surface area contributed by atoms with E-state index in [0.717, 1.165) is 30.7 Å². The lowest BCUT2D eigenvalue weighted by atomic mass is 10.0. The fourth-order valence-corrected chi connectivity index (χ4v) is 3.44. The highest BCUT2D eigenvalue weighted by Gasteiger charge is 2.38. The summed E-state index contributed by atoms with van der Waals surface area (Å²) in [6.45, 7) is 3.78. The van der Waals surface area contributed by atoms with Crippen molar-refractivity contribution in [1.82, 2.24) is 10.2 Å². The Morgan fingerprint density at radius 2 is 2.00 bits per heavy atom. The predicted octanol–water partition coefficient (Wildman–Crippen LogP) is 2.39. The number of amides is 1. The molecule has 0 unspecified atom stereocenters. The molecule has 2 saturated heterocycles. The van der Waals surface area contributed by atoms with Gasteiger partial charge in [-0.25, -0.2) is 0 Å². The number of halogens is 2. The molecule has 3 rings (SSSR count). The highest BCUT2D eigenvalue weighted by atomic mass is 79.9. The Labute approximate surface area is 120 Å². The molecule has 0 spiro atoms. The van der Waals surface area contributed by atoms with Gasteiger partial charge in [-0.2, -0.15) is 0 Å². The van der Waals surface area contributed by atoms with Crippen molar-refractivity contribution in [1.29, 1.82) is 0 Å². The second-order valence-electron chi connectivity index (χ2n) is 5.01. The Morgan fingerprint density at radius 1 is 1.33 bits per heavy atom. The topological polar surface area (TPSA) is 32.3 Å². The minimum Gasteiger partial charge on any atom is -0.338 e. The summed E-state index contributed by atoms with van der Waals surface area (Å²) in [5.41, 5.74) is 0.662. The van der Waals surface area contributed by atoms with Crippen LogP contribution in [0.4, 0.5) is 0 Å². The zero-order valence-electron chi connectivity index (χ0n) is 9.83. The zero-order valence-corrected chi connectivity index (χ0v) is 12.2. The maximum atomic E-state index is 12.5. The third-order valence-electron chi connectivity index (χ3n) is 3.84. The standard InChI is InChI=1S/C13H14BrClN2O/c14-12-2-1-10(15)3-11(12)13(18)17-6-8-4-16-5-9(8)7-17/h1-3,8-9,16H,4-7H2/t8-,9+. The van der Waals surface area contributed by atoms with Crippen LogP contribution in [0, 0.1) is 11.8 Å². The molecule has 96 valence electrons. The van der Waals surface area contributed by atoms with Gasteiger partial charge in [0.1, 0.15) is 0 Å². The highest BCUT2D eigenvalue weighted by molar-refractivity contribution is 9.10. The van der Waals surface area contributed by atoms with Gasteiger partial charge in [-0.1, -0.05) is 11.6 Å². The van der Waals surface area contributed by atoms with E-state index in [4.69, 9.17) is 11.6 Å². The molecule has 1 aromatic rings. The zero-order chi connectivity index (χ0) is 12.7. The first-order chi connectivity index (χ1) is 8.65. The first kappa shape index (κ1) is 12.5. The number of rotatable bonds is 1. The van der Waals surface area contributed by atoms with Crippen LogP contribution in [0.5, 0.6) is 0 Å². The second kappa shape index (κ2) is 4.83. The van der Waals surface area contributed by atoms with Gasteiger partial charge in [-0.15, -0.1) is 0 Å². The van der Waals surface area contributed by atoms with Crippen LogP contribution >= 0.6 is 27.5 Å². The summed E-state index contributed by atoms with van der Waals surface area (Å²) >= 11 is 9.38. The molecule has 2 aliphatic rings. The number of nitrogens with zero attached hydrogens (tertiary/aromatic N) is 1. The van der Waals surface area contributed by atoms with E-state index in [1.807, 2.05) is 11.0 Å². The normalized spacial score (nSPS) is 26.4. The fourth-order valence-electron chi connectivity index (χ4n) is 2.85. The van der Waals surface area contributed by atoms with Gasteiger partial charge in [0, 0.05) is 35.7 Å². The van der Waals surface area contributed by atoms with Crippen molar-refractivity contribution in [2.75, 3.05) is 26.2 Å². The van der Waals surface area contributed by atoms with E-state index >= 15 is 0 Å². The van der Waals surface area contributed by atoms with Crippen LogP contribution < -0.4 is 5.32 Å². The summed E-state index contributed by atoms with van der Waals surface area (Å²) in [7, 11) is 0. The average Bonchev–Trinajstić information content (AvgIpc) is 2.91. The third kappa shape index (κ3) is 2.17. The van der Waals surface area contributed by atoms with Gasteiger partial charge >= 0.3 is 0 Å². The molecule has 3 nitrogen and oxygen atoms in total. The maximum Gasteiger partial charge on any atom is 0.255 e. The van der Waals surface area contributed by atoms with Crippen LogP contribution in [0.25, 0.3) is 0 Å². The number of benzene rings is 1. The van der Waals surface area contributed by atoms with Gasteiger partial charge in [0.05, 0.1) is 5.56 Å². The Balaban J connectivity index is 1.81. The van der Waals surface area contributed by atoms with E-state index in [1.54, 1.807) is 12.1 Å². The van der Waals surface area contributed by atoms with Gasteiger partial charge in [-0.05, 0) is 46.0 Å². The van der Waals surface area contributed by atoms with Crippen molar-refractivity contribution in [3.63, 3.8) is 0 Å². The molecule has 0 aliphatic carbocycles. The molecule has 0 aromatic heterocycles. The maximum absolute atomic E-state index is 12.5. The lowest BCUT2D eigenvalue weighted by molar-refractivity contribution is 0.0781. The third-order valence-corrected chi connectivity index (χ3v) is 4.76. The molecule has 2 fully saturated rings. The van der Waals surface area contributed by atoms with Gasteiger partial charge in [-0.3, -0.25) is 4.79 Å². The number of carbonyl (C=O) groups excluding carboxylic acids is 1. The van der Waals surface area contributed by atoms with Crippen LogP contribution in [0.15, 0.2) is 22.7 Å². The predicted molar refractivity (Wildman–Crippen MR) is 74.9 cm³/mol. The van der Waals surface area contributed by atoms with Gasteiger partial charge in [0.2, 0.25) is 0 Å². The van der Waals surface area contributed by atoms with E-state index in [-0.39, 0.29) is 5.91 Å². The summed E-state index contributed by atoms with van der Waals surface area (Å²) in [6.07, 6.45) is 0. The lowest BCUT2D eigenvalue weighted by Crippen LogP contribution is -2.32. The van der Waals surface area contributed by atoms with E-state index < -0.39 is 0 Å². The van der Waals surface area contributed by atoms with Crippen molar-refractivity contribution in [2.24, 2.45) is 11.8 Å². The molecule has 0 bridgehead atoms. The summed E-state index contributed by atoms with van der Waals surface area (Å²) in [5, 5.41) is 3.98. The molecule has 1 aromatic carbocycles. The summed E-state index contributed by atoms with van der Waals surface area (Å²) in [5.74, 6) is 1.32. The monoisotopic (exact) mass is 328 g/mol. The molecule has 2 aliphatic heterocycles. The van der Waals surface area contributed by atoms with Crippen molar-refractivity contribution < 1.29 is 4.79 Å². The molecule has 5 heteroatoms. The van der Waals surface area contributed by atoms with Crippen molar-refractivity contribution in [2.45, 2.75) is 0 Å². The summed E-state index contributed by atoms with van der Waals surface area (Å²) in [4.78, 5) is 14.4. The number of nitrogens with one attached hydrogen (secondary N) is 1. The average molecular weight is 330 g/mol. The number of fused-ring (bicyclic) bond motifs is 1. The fraction of sp³-hybridized carbons (Fsp3) is 0.462. The van der Waals surface area contributed by atoms with Crippen molar-refractivity contribution in [3.05, 3.63) is 33.3 Å². The first-order valence-electron chi connectivity index (χ1n) is 6.10. The van der Waals surface area contributed by atoms with E-state index in [9.17, 15) is 4.79 Å². The Hall–Kier alpha value is -0.580. The minimum atomic E-state index is 0.0822. The Morgan fingerprint density at radius 3 is 2.67 bits per heavy atom. The quantitative estimate of drug-likeness (QED) is 0.858. The Kier molecular flexibility index (Phi) is 3.34. The summed E-state index contributed by atoms with van der Waals surface area (Å²) < 4.78 is 0.812.